The minimum atomic E-state index is -0.00635. The summed E-state index contributed by atoms with van der Waals surface area (Å²) >= 11 is 5.24. The molecule has 0 radical (unpaired) electrons. The van der Waals surface area contributed by atoms with Crippen molar-refractivity contribution < 1.29 is 4.74 Å². The summed E-state index contributed by atoms with van der Waals surface area (Å²) in [6.45, 7) is 5.03. The van der Waals surface area contributed by atoms with E-state index >= 15 is 0 Å². The van der Waals surface area contributed by atoms with Crippen molar-refractivity contribution in [2.45, 2.75) is 18.9 Å². The Morgan fingerprint density at radius 3 is 2.88 bits per heavy atom. The van der Waals surface area contributed by atoms with Gasteiger partial charge in [-0.3, -0.25) is 0 Å². The van der Waals surface area contributed by atoms with Crippen molar-refractivity contribution in [1.82, 2.24) is 9.97 Å². The first-order valence-electron chi connectivity index (χ1n) is 7.78. The molecule has 0 bridgehead atoms. The number of guanidine groups is 1. The second-order valence-electron chi connectivity index (χ2n) is 5.80. The number of anilines is 1. The summed E-state index contributed by atoms with van der Waals surface area (Å²) in [4.78, 5) is 20.4. The fraction of sp³-hybridized carbons (Fsp3) is 0.467. The number of hydrogen-bond acceptors (Lipinski definition) is 8. The standard InChI is InChI=1S/C15H17BrN6OS/c1-8-9(6-18-14(17)19-8)11-13-12(10(16)7-24-13)21-15(20-11)22-2-4-23-5-3-22/h6-9H,2-5H2,1H3,(H2,17,19). The maximum atomic E-state index is 5.72. The molecule has 2 aliphatic rings. The zero-order valence-corrected chi connectivity index (χ0v) is 15.5. The van der Waals surface area contributed by atoms with Gasteiger partial charge in [-0.1, -0.05) is 0 Å². The highest BCUT2D eigenvalue weighted by Crippen LogP contribution is 2.36. The van der Waals surface area contributed by atoms with Gasteiger partial charge in [-0.05, 0) is 22.9 Å². The highest BCUT2D eigenvalue weighted by atomic mass is 79.9. The second kappa shape index (κ2) is 6.38. The van der Waals surface area contributed by atoms with Crippen LogP contribution in [0.4, 0.5) is 5.95 Å². The molecule has 7 nitrogen and oxygen atoms in total. The first-order valence-corrected chi connectivity index (χ1v) is 9.45. The van der Waals surface area contributed by atoms with E-state index in [-0.39, 0.29) is 12.0 Å². The molecule has 1 fully saturated rings. The number of aromatic nitrogens is 2. The molecule has 0 saturated carbocycles. The number of nitrogens with zero attached hydrogens (tertiary/aromatic N) is 5. The van der Waals surface area contributed by atoms with Crippen LogP contribution in [0.1, 0.15) is 18.5 Å². The fourth-order valence-electron chi connectivity index (χ4n) is 2.93. The number of nitrogens with two attached hydrogens (primary N) is 1. The van der Waals surface area contributed by atoms with E-state index in [1.807, 2.05) is 18.5 Å². The topological polar surface area (TPSA) is 89.0 Å². The van der Waals surface area contributed by atoms with E-state index < -0.39 is 0 Å². The average molecular weight is 409 g/mol. The number of fused-ring (bicyclic) bond motifs is 1. The lowest BCUT2D eigenvalue weighted by atomic mass is 9.97. The molecular weight excluding hydrogens is 392 g/mol. The van der Waals surface area contributed by atoms with Crippen LogP contribution >= 0.6 is 27.3 Å². The van der Waals surface area contributed by atoms with Crippen LogP contribution in [0.15, 0.2) is 19.8 Å². The van der Waals surface area contributed by atoms with Crippen LogP contribution in [0, 0.1) is 0 Å². The molecule has 2 aliphatic heterocycles. The van der Waals surface area contributed by atoms with Crippen LogP contribution in [-0.4, -0.2) is 54.5 Å². The first-order chi connectivity index (χ1) is 11.6. The van der Waals surface area contributed by atoms with Gasteiger partial charge < -0.3 is 15.4 Å². The number of rotatable bonds is 2. The average Bonchev–Trinajstić information content (AvgIpc) is 2.96. The monoisotopic (exact) mass is 408 g/mol. The zero-order chi connectivity index (χ0) is 16.7. The normalized spacial score (nSPS) is 24.4. The van der Waals surface area contributed by atoms with Gasteiger partial charge in [-0.25, -0.2) is 20.0 Å². The van der Waals surface area contributed by atoms with Crippen LogP contribution in [0.25, 0.3) is 10.2 Å². The number of aliphatic imine (C=N–C) groups is 2. The summed E-state index contributed by atoms with van der Waals surface area (Å²) in [6.07, 6.45) is 1.85. The molecule has 1 saturated heterocycles. The van der Waals surface area contributed by atoms with Gasteiger partial charge in [-0.15, -0.1) is 11.3 Å². The predicted molar refractivity (Wildman–Crippen MR) is 100 cm³/mol. The summed E-state index contributed by atoms with van der Waals surface area (Å²) in [5, 5.41) is 2.05. The van der Waals surface area contributed by atoms with Crippen molar-refractivity contribution >= 4 is 55.6 Å². The highest BCUT2D eigenvalue weighted by Gasteiger charge is 2.27. The van der Waals surface area contributed by atoms with Crippen molar-refractivity contribution in [2.75, 3.05) is 31.2 Å². The molecule has 2 unspecified atom stereocenters. The molecule has 2 aromatic rings. The van der Waals surface area contributed by atoms with E-state index in [0.717, 1.165) is 39.4 Å². The summed E-state index contributed by atoms with van der Waals surface area (Å²) in [7, 11) is 0. The first kappa shape index (κ1) is 15.9. The van der Waals surface area contributed by atoms with Gasteiger partial charge in [0.1, 0.15) is 5.52 Å². The molecule has 126 valence electrons. The second-order valence-corrected chi connectivity index (χ2v) is 7.54. The minimum absolute atomic E-state index is 0.000912. The van der Waals surface area contributed by atoms with E-state index in [2.05, 4.69) is 30.8 Å². The van der Waals surface area contributed by atoms with Crippen molar-refractivity contribution in [1.29, 1.82) is 0 Å². The van der Waals surface area contributed by atoms with Gasteiger partial charge in [0.15, 0.2) is 0 Å². The Morgan fingerprint density at radius 2 is 2.12 bits per heavy atom. The fourth-order valence-corrected chi connectivity index (χ4v) is 4.53. The Morgan fingerprint density at radius 1 is 1.33 bits per heavy atom. The molecule has 24 heavy (non-hydrogen) atoms. The van der Waals surface area contributed by atoms with Crippen molar-refractivity contribution in [3.63, 3.8) is 0 Å². The summed E-state index contributed by atoms with van der Waals surface area (Å²) < 4.78 is 7.49. The van der Waals surface area contributed by atoms with E-state index in [9.17, 15) is 0 Å². The lowest BCUT2D eigenvalue weighted by molar-refractivity contribution is 0.122. The predicted octanol–water partition coefficient (Wildman–Crippen LogP) is 2.16. The molecule has 2 atom stereocenters. The Labute approximate surface area is 151 Å². The Kier molecular flexibility index (Phi) is 4.23. The summed E-state index contributed by atoms with van der Waals surface area (Å²) in [6, 6.07) is -0.000912. The number of ether oxygens (including phenoxy) is 1. The minimum Gasteiger partial charge on any atom is -0.378 e. The SMILES string of the molecule is CC1N=C(N)N=CC1c1nc(N2CCOCC2)nc2c(Br)csc12. The van der Waals surface area contributed by atoms with Gasteiger partial charge in [0.05, 0.1) is 40.0 Å². The number of morpholine rings is 1. The van der Waals surface area contributed by atoms with Crippen LogP contribution in [0.5, 0.6) is 0 Å². The smallest absolute Gasteiger partial charge is 0.226 e. The molecule has 4 heterocycles. The van der Waals surface area contributed by atoms with Crippen molar-refractivity contribution in [3.05, 3.63) is 15.5 Å². The van der Waals surface area contributed by atoms with Gasteiger partial charge in [0, 0.05) is 24.7 Å². The number of thiophene rings is 1. The molecular formula is C15H17BrN6OS. The van der Waals surface area contributed by atoms with Crippen molar-refractivity contribution in [2.24, 2.45) is 15.7 Å². The Bertz CT molecular complexity index is 829. The molecule has 4 rings (SSSR count). The number of hydrogen-bond donors (Lipinski definition) is 1. The largest absolute Gasteiger partial charge is 0.378 e. The molecule has 0 spiro atoms. The van der Waals surface area contributed by atoms with Gasteiger partial charge in [0.25, 0.3) is 0 Å². The number of halogens is 1. The molecule has 0 amide bonds. The van der Waals surface area contributed by atoms with Gasteiger partial charge >= 0.3 is 0 Å². The maximum absolute atomic E-state index is 5.72. The van der Waals surface area contributed by atoms with E-state index in [1.165, 1.54) is 0 Å². The van der Waals surface area contributed by atoms with Gasteiger partial charge in [0.2, 0.25) is 11.9 Å². The third kappa shape index (κ3) is 2.80. The molecule has 9 heteroatoms. The van der Waals surface area contributed by atoms with Crippen molar-refractivity contribution in [3.8, 4) is 0 Å². The molecule has 0 aliphatic carbocycles. The Balaban J connectivity index is 1.83. The third-order valence-electron chi connectivity index (χ3n) is 4.22. The van der Waals surface area contributed by atoms with Gasteiger partial charge in [-0.2, -0.15) is 0 Å². The summed E-state index contributed by atoms with van der Waals surface area (Å²) in [5.41, 5.74) is 7.62. The highest BCUT2D eigenvalue weighted by molar-refractivity contribution is 9.10. The third-order valence-corrected chi connectivity index (χ3v) is 6.12. The zero-order valence-electron chi connectivity index (χ0n) is 13.1. The van der Waals surface area contributed by atoms with E-state index in [0.29, 0.717) is 19.2 Å². The molecule has 2 N–H and O–H groups in total. The van der Waals surface area contributed by atoms with Crippen LogP contribution < -0.4 is 10.6 Å². The maximum Gasteiger partial charge on any atom is 0.226 e. The van der Waals surface area contributed by atoms with Crippen LogP contribution in [0.3, 0.4) is 0 Å². The van der Waals surface area contributed by atoms with Crippen LogP contribution in [0.2, 0.25) is 0 Å². The Hall–Kier alpha value is -1.58. The van der Waals surface area contributed by atoms with E-state index in [4.69, 9.17) is 20.4 Å². The lowest BCUT2D eigenvalue weighted by Gasteiger charge is -2.28. The summed E-state index contributed by atoms with van der Waals surface area (Å²) in [5.74, 6) is 1.06. The van der Waals surface area contributed by atoms with Crippen LogP contribution in [-0.2, 0) is 4.74 Å². The quantitative estimate of drug-likeness (QED) is 0.821. The molecule has 2 aromatic heterocycles. The van der Waals surface area contributed by atoms with E-state index in [1.54, 1.807) is 11.3 Å². The molecule has 0 aromatic carbocycles. The lowest BCUT2D eigenvalue weighted by Crippen LogP contribution is -2.37.